The fourth-order valence-electron chi connectivity index (χ4n) is 2.71. The number of aromatic nitrogens is 1. The number of rotatable bonds is 7. The summed E-state index contributed by atoms with van der Waals surface area (Å²) in [7, 11) is 1.59. The third-order valence-corrected chi connectivity index (χ3v) is 4.96. The van der Waals surface area contributed by atoms with E-state index >= 15 is 0 Å². The van der Waals surface area contributed by atoms with Gasteiger partial charge in [0.25, 0.3) is 0 Å². The van der Waals surface area contributed by atoms with Gasteiger partial charge in [0.05, 0.1) is 31.0 Å². The topological polar surface area (TPSA) is 75.6 Å². The molecular weight excluding hydrogens is 429 g/mol. The van der Waals surface area contributed by atoms with Gasteiger partial charge in [0.15, 0.2) is 5.13 Å². The third-order valence-electron chi connectivity index (χ3n) is 4.16. The van der Waals surface area contributed by atoms with Gasteiger partial charge in [0.2, 0.25) is 5.91 Å². The van der Waals surface area contributed by atoms with Crippen LogP contribution in [0.25, 0.3) is 0 Å². The van der Waals surface area contributed by atoms with E-state index in [0.29, 0.717) is 10.8 Å². The highest BCUT2D eigenvalue weighted by Gasteiger charge is 2.30. The summed E-state index contributed by atoms with van der Waals surface area (Å²) in [4.78, 5) is 16.3. The van der Waals surface area contributed by atoms with E-state index < -0.39 is 11.7 Å². The summed E-state index contributed by atoms with van der Waals surface area (Å²) in [5, 5.41) is 8.80. The van der Waals surface area contributed by atoms with Crippen LogP contribution in [-0.4, -0.2) is 24.2 Å². The fourth-order valence-corrected chi connectivity index (χ4v) is 3.44. The van der Waals surface area contributed by atoms with Gasteiger partial charge in [-0.15, -0.1) is 11.3 Å². The van der Waals surface area contributed by atoms with Crippen molar-refractivity contribution in [1.82, 2.24) is 10.4 Å². The number of anilines is 2. The molecule has 0 fully saturated rings. The Labute approximate surface area is 180 Å². The van der Waals surface area contributed by atoms with Gasteiger partial charge in [-0.25, -0.2) is 10.4 Å². The molecule has 1 amide bonds. The first-order chi connectivity index (χ1) is 14.7. The zero-order valence-corrected chi connectivity index (χ0v) is 17.5. The Morgan fingerprint density at radius 3 is 2.77 bits per heavy atom. The molecule has 0 atom stereocenters. The number of alkyl halides is 3. The smallest absolute Gasteiger partial charge is 0.416 e. The average molecular weight is 448 g/mol. The minimum Gasteiger partial charge on any atom is -0.496 e. The number of thiazole rings is 1. The van der Waals surface area contributed by atoms with Gasteiger partial charge < -0.3 is 10.1 Å². The Bertz CT molecular complexity index is 1100. The molecule has 0 aliphatic carbocycles. The first-order valence-electron chi connectivity index (χ1n) is 9.10. The van der Waals surface area contributed by atoms with Gasteiger partial charge in [-0.1, -0.05) is 6.07 Å². The summed E-state index contributed by atoms with van der Waals surface area (Å²) in [5.74, 6) is 0.400. The van der Waals surface area contributed by atoms with Gasteiger partial charge in [-0.05, 0) is 54.4 Å². The summed E-state index contributed by atoms with van der Waals surface area (Å²) in [6, 6.07) is 10.3. The Hall–Kier alpha value is -3.40. The van der Waals surface area contributed by atoms with Crippen LogP contribution in [0.3, 0.4) is 0 Å². The second kappa shape index (κ2) is 9.61. The molecule has 0 radical (unpaired) electrons. The zero-order chi connectivity index (χ0) is 22.4. The van der Waals surface area contributed by atoms with Gasteiger partial charge in [0.1, 0.15) is 5.75 Å². The van der Waals surface area contributed by atoms with Crippen molar-refractivity contribution in [2.45, 2.75) is 19.5 Å². The number of aryl methyl sites for hydroxylation is 1. The zero-order valence-electron chi connectivity index (χ0n) is 16.7. The van der Waals surface area contributed by atoms with Crippen LogP contribution in [0.5, 0.6) is 5.75 Å². The number of ether oxygens (including phenoxy) is 1. The van der Waals surface area contributed by atoms with Crippen molar-refractivity contribution in [3.8, 4) is 5.75 Å². The van der Waals surface area contributed by atoms with Crippen molar-refractivity contribution in [3.63, 3.8) is 0 Å². The summed E-state index contributed by atoms with van der Waals surface area (Å²) < 4.78 is 43.6. The number of nitrogens with zero attached hydrogens (tertiary/aromatic N) is 2. The fraction of sp³-hybridized carbons (Fsp3) is 0.190. The minimum atomic E-state index is -4.42. The molecule has 3 rings (SSSR count). The second-order valence-electron chi connectivity index (χ2n) is 6.55. The van der Waals surface area contributed by atoms with E-state index in [1.807, 2.05) is 25.1 Å². The molecule has 162 valence electrons. The van der Waals surface area contributed by atoms with Crippen LogP contribution in [-0.2, 0) is 17.4 Å². The lowest BCUT2D eigenvalue weighted by Crippen LogP contribution is -2.19. The Balaban J connectivity index is 1.55. The number of carbonyl (C=O) groups excluding carboxylic acids is 1. The van der Waals surface area contributed by atoms with Crippen molar-refractivity contribution < 1.29 is 22.7 Å². The molecule has 0 spiro atoms. The van der Waals surface area contributed by atoms with Gasteiger partial charge in [0, 0.05) is 11.1 Å². The summed E-state index contributed by atoms with van der Waals surface area (Å²) in [6.07, 6.45) is -2.92. The SMILES string of the molecule is COc1ccc(/C=N\NC(=O)Cc2csc(Nc3cccc(C(F)(F)F)c3)n2)cc1C. The molecule has 31 heavy (non-hydrogen) atoms. The lowest BCUT2D eigenvalue weighted by molar-refractivity contribution is -0.137. The number of hydrazone groups is 1. The summed E-state index contributed by atoms with van der Waals surface area (Å²) in [5.41, 5.74) is 4.17. The molecule has 2 aromatic carbocycles. The number of hydrogen-bond acceptors (Lipinski definition) is 6. The van der Waals surface area contributed by atoms with Crippen molar-refractivity contribution in [3.05, 3.63) is 70.2 Å². The number of carbonyl (C=O) groups is 1. The van der Waals surface area contributed by atoms with Crippen LogP contribution in [0.15, 0.2) is 52.9 Å². The first-order valence-corrected chi connectivity index (χ1v) is 9.98. The molecule has 1 heterocycles. The first kappa shape index (κ1) is 22.3. The molecule has 0 aliphatic heterocycles. The maximum absolute atomic E-state index is 12.8. The molecule has 2 N–H and O–H groups in total. The molecule has 0 bridgehead atoms. The van der Waals surface area contributed by atoms with Crippen LogP contribution >= 0.6 is 11.3 Å². The normalized spacial score (nSPS) is 11.5. The number of hydrogen-bond donors (Lipinski definition) is 2. The number of nitrogens with one attached hydrogen (secondary N) is 2. The third kappa shape index (κ3) is 6.29. The monoisotopic (exact) mass is 448 g/mol. The predicted octanol–water partition coefficient (Wildman–Crippen LogP) is 4.92. The highest BCUT2D eigenvalue weighted by Crippen LogP contribution is 2.31. The highest BCUT2D eigenvalue weighted by molar-refractivity contribution is 7.13. The molecule has 0 saturated heterocycles. The molecule has 3 aromatic rings. The highest BCUT2D eigenvalue weighted by atomic mass is 32.1. The number of halogens is 3. The Morgan fingerprint density at radius 2 is 2.06 bits per heavy atom. The van der Waals surface area contributed by atoms with Crippen molar-refractivity contribution in [1.29, 1.82) is 0 Å². The molecule has 6 nitrogen and oxygen atoms in total. The van der Waals surface area contributed by atoms with Crippen LogP contribution < -0.4 is 15.5 Å². The quantitative estimate of drug-likeness (QED) is 0.398. The van der Waals surface area contributed by atoms with Crippen LogP contribution in [0.1, 0.15) is 22.4 Å². The van der Waals surface area contributed by atoms with Crippen molar-refractivity contribution in [2.24, 2.45) is 5.10 Å². The number of amides is 1. The van der Waals surface area contributed by atoms with E-state index in [9.17, 15) is 18.0 Å². The van der Waals surface area contributed by atoms with Crippen LogP contribution in [0.4, 0.5) is 24.0 Å². The summed E-state index contributed by atoms with van der Waals surface area (Å²) in [6.45, 7) is 1.90. The van der Waals surface area contributed by atoms with Gasteiger partial charge in [-0.2, -0.15) is 18.3 Å². The molecular formula is C21H19F3N4O2S. The van der Waals surface area contributed by atoms with E-state index in [-0.39, 0.29) is 18.0 Å². The van der Waals surface area contributed by atoms with Crippen molar-refractivity contribution >= 4 is 34.3 Å². The number of benzene rings is 2. The predicted molar refractivity (Wildman–Crippen MR) is 114 cm³/mol. The average Bonchev–Trinajstić information content (AvgIpc) is 3.14. The standard InChI is InChI=1S/C21H19F3N4O2S/c1-13-8-14(6-7-18(13)30-2)11-25-28-19(29)10-17-12-31-20(27-17)26-16-5-3-4-15(9-16)21(22,23)24/h3-9,11-12H,10H2,1-2H3,(H,26,27)(H,28,29)/b25-11-. The molecule has 10 heteroatoms. The Morgan fingerprint density at radius 1 is 1.26 bits per heavy atom. The van der Waals surface area contributed by atoms with E-state index in [2.05, 4.69) is 20.8 Å². The maximum Gasteiger partial charge on any atom is 0.416 e. The van der Waals surface area contributed by atoms with Crippen LogP contribution in [0, 0.1) is 6.92 Å². The second-order valence-corrected chi connectivity index (χ2v) is 7.40. The van der Waals surface area contributed by atoms with Crippen molar-refractivity contribution in [2.75, 3.05) is 12.4 Å². The number of methoxy groups -OCH3 is 1. The van der Waals surface area contributed by atoms with E-state index in [1.54, 1.807) is 12.5 Å². The minimum absolute atomic E-state index is 0.0141. The van der Waals surface area contributed by atoms with E-state index in [4.69, 9.17) is 4.74 Å². The molecule has 0 saturated carbocycles. The van der Waals surface area contributed by atoms with Gasteiger partial charge in [-0.3, -0.25) is 4.79 Å². The molecule has 1 aromatic heterocycles. The van der Waals surface area contributed by atoms with Crippen LogP contribution in [0.2, 0.25) is 0 Å². The maximum atomic E-state index is 12.8. The Kier molecular flexibility index (Phi) is 6.91. The van der Waals surface area contributed by atoms with E-state index in [1.165, 1.54) is 29.7 Å². The molecule has 0 aliphatic rings. The largest absolute Gasteiger partial charge is 0.496 e. The summed E-state index contributed by atoms with van der Waals surface area (Å²) >= 11 is 1.19. The molecule has 0 unspecified atom stereocenters. The lowest BCUT2D eigenvalue weighted by Gasteiger charge is -2.08. The lowest BCUT2D eigenvalue weighted by atomic mass is 10.1. The van der Waals surface area contributed by atoms with E-state index in [0.717, 1.165) is 29.0 Å². The van der Waals surface area contributed by atoms with Gasteiger partial charge >= 0.3 is 6.18 Å².